The molecular weight excluding hydrogens is 274 g/mol. The number of hydrogen-bond donors (Lipinski definition) is 3. The monoisotopic (exact) mass is 297 g/mol. The molecule has 1 aromatic heterocycles. The zero-order valence-electron chi connectivity index (χ0n) is 12.8. The van der Waals surface area contributed by atoms with Crippen molar-refractivity contribution in [3.8, 4) is 0 Å². The van der Waals surface area contributed by atoms with E-state index in [4.69, 9.17) is 5.73 Å². The normalized spacial score (nSPS) is 15.0. The number of hydrogen-bond acceptors (Lipinski definition) is 5. The van der Waals surface area contributed by atoms with Gasteiger partial charge in [0.05, 0.1) is 0 Å². The number of nitrogens with zero attached hydrogens (tertiary/aromatic N) is 2. The molecule has 0 spiro atoms. The minimum Gasteiger partial charge on any atom is -0.370 e. The Morgan fingerprint density at radius 2 is 1.91 bits per heavy atom. The molecule has 5 heteroatoms. The summed E-state index contributed by atoms with van der Waals surface area (Å²) in [7, 11) is 0. The SMILES string of the molecule is NCc1cccc(Nc2cc(NCC3CCCC3)ncn2)c1. The molecule has 116 valence electrons. The first-order chi connectivity index (χ1) is 10.8. The number of anilines is 3. The molecule has 1 heterocycles. The summed E-state index contributed by atoms with van der Waals surface area (Å²) >= 11 is 0. The van der Waals surface area contributed by atoms with Gasteiger partial charge in [-0.15, -0.1) is 0 Å². The smallest absolute Gasteiger partial charge is 0.135 e. The minimum atomic E-state index is 0.535. The van der Waals surface area contributed by atoms with Crippen molar-refractivity contribution in [2.24, 2.45) is 11.7 Å². The lowest BCUT2D eigenvalue weighted by Crippen LogP contribution is -2.12. The second-order valence-corrected chi connectivity index (χ2v) is 5.85. The molecule has 0 saturated heterocycles. The van der Waals surface area contributed by atoms with E-state index in [1.54, 1.807) is 6.33 Å². The maximum Gasteiger partial charge on any atom is 0.135 e. The fraction of sp³-hybridized carbons (Fsp3) is 0.412. The highest BCUT2D eigenvalue weighted by molar-refractivity contribution is 5.59. The summed E-state index contributed by atoms with van der Waals surface area (Å²) in [4.78, 5) is 8.57. The third kappa shape index (κ3) is 3.95. The molecular formula is C17H23N5. The van der Waals surface area contributed by atoms with Crippen LogP contribution >= 0.6 is 0 Å². The van der Waals surface area contributed by atoms with E-state index < -0.39 is 0 Å². The van der Waals surface area contributed by atoms with Gasteiger partial charge in [0.1, 0.15) is 18.0 Å². The van der Waals surface area contributed by atoms with Gasteiger partial charge in [0.25, 0.3) is 0 Å². The molecule has 0 bridgehead atoms. The molecule has 5 nitrogen and oxygen atoms in total. The van der Waals surface area contributed by atoms with Crippen molar-refractivity contribution >= 4 is 17.3 Å². The summed E-state index contributed by atoms with van der Waals surface area (Å²) in [6, 6.07) is 10.00. The molecule has 0 amide bonds. The van der Waals surface area contributed by atoms with Gasteiger partial charge >= 0.3 is 0 Å². The van der Waals surface area contributed by atoms with Gasteiger partial charge in [-0.1, -0.05) is 25.0 Å². The third-order valence-electron chi connectivity index (χ3n) is 4.15. The van der Waals surface area contributed by atoms with E-state index in [1.807, 2.05) is 30.3 Å². The summed E-state index contributed by atoms with van der Waals surface area (Å²) in [5, 5.41) is 6.72. The average molecular weight is 297 g/mol. The Kier molecular flexibility index (Phi) is 4.85. The summed E-state index contributed by atoms with van der Waals surface area (Å²) < 4.78 is 0. The molecule has 1 aliphatic carbocycles. The van der Waals surface area contributed by atoms with Crippen LogP contribution in [0, 0.1) is 5.92 Å². The van der Waals surface area contributed by atoms with E-state index in [2.05, 4.69) is 20.6 Å². The van der Waals surface area contributed by atoms with E-state index >= 15 is 0 Å². The van der Waals surface area contributed by atoms with E-state index in [1.165, 1.54) is 25.7 Å². The van der Waals surface area contributed by atoms with Crippen LogP contribution in [0.3, 0.4) is 0 Å². The van der Waals surface area contributed by atoms with Gasteiger partial charge in [0.15, 0.2) is 0 Å². The summed E-state index contributed by atoms with van der Waals surface area (Å²) in [6.45, 7) is 1.53. The van der Waals surface area contributed by atoms with Crippen LogP contribution in [-0.4, -0.2) is 16.5 Å². The van der Waals surface area contributed by atoms with Crippen LogP contribution in [0.25, 0.3) is 0 Å². The predicted molar refractivity (Wildman–Crippen MR) is 90.1 cm³/mol. The van der Waals surface area contributed by atoms with Crippen molar-refractivity contribution in [1.29, 1.82) is 0 Å². The highest BCUT2D eigenvalue weighted by atomic mass is 15.1. The largest absolute Gasteiger partial charge is 0.370 e. The van der Waals surface area contributed by atoms with Gasteiger partial charge in [-0.25, -0.2) is 9.97 Å². The van der Waals surface area contributed by atoms with Gasteiger partial charge in [0.2, 0.25) is 0 Å². The lowest BCUT2D eigenvalue weighted by molar-refractivity contribution is 0.579. The molecule has 0 unspecified atom stereocenters. The molecule has 3 rings (SSSR count). The Balaban J connectivity index is 1.62. The lowest BCUT2D eigenvalue weighted by Gasteiger charge is -2.12. The van der Waals surface area contributed by atoms with Crippen LogP contribution in [0.15, 0.2) is 36.7 Å². The molecule has 1 fully saturated rings. The van der Waals surface area contributed by atoms with Crippen LogP contribution in [0.4, 0.5) is 17.3 Å². The van der Waals surface area contributed by atoms with Crippen LogP contribution in [0.5, 0.6) is 0 Å². The molecule has 22 heavy (non-hydrogen) atoms. The van der Waals surface area contributed by atoms with Crippen LogP contribution in [-0.2, 0) is 6.54 Å². The highest BCUT2D eigenvalue weighted by Crippen LogP contribution is 2.25. The second-order valence-electron chi connectivity index (χ2n) is 5.85. The molecule has 1 aromatic carbocycles. The van der Waals surface area contributed by atoms with Gasteiger partial charge < -0.3 is 16.4 Å². The quantitative estimate of drug-likeness (QED) is 0.763. The first-order valence-electron chi connectivity index (χ1n) is 7.95. The molecule has 4 N–H and O–H groups in total. The maximum absolute atomic E-state index is 5.67. The Bertz CT molecular complexity index is 608. The first kappa shape index (κ1) is 14.8. The fourth-order valence-corrected chi connectivity index (χ4v) is 2.91. The van der Waals surface area contributed by atoms with Gasteiger partial charge in [0, 0.05) is 24.8 Å². The van der Waals surface area contributed by atoms with E-state index in [0.717, 1.165) is 35.3 Å². The molecule has 1 saturated carbocycles. The average Bonchev–Trinajstić information content (AvgIpc) is 3.07. The molecule has 0 radical (unpaired) electrons. The van der Waals surface area contributed by atoms with Crippen molar-refractivity contribution in [2.75, 3.05) is 17.2 Å². The van der Waals surface area contributed by atoms with Crippen molar-refractivity contribution < 1.29 is 0 Å². The summed E-state index contributed by atoms with van der Waals surface area (Å²) in [5.41, 5.74) is 7.76. The Labute approximate surface area is 131 Å². The predicted octanol–water partition coefficient (Wildman–Crippen LogP) is 3.28. The van der Waals surface area contributed by atoms with Crippen molar-refractivity contribution in [1.82, 2.24) is 9.97 Å². The number of benzene rings is 1. The maximum atomic E-state index is 5.67. The topological polar surface area (TPSA) is 75.9 Å². The third-order valence-corrected chi connectivity index (χ3v) is 4.15. The second kappa shape index (κ2) is 7.22. The van der Waals surface area contributed by atoms with Crippen LogP contribution in [0.2, 0.25) is 0 Å². The molecule has 0 atom stereocenters. The lowest BCUT2D eigenvalue weighted by atomic mass is 10.1. The molecule has 0 aliphatic heterocycles. The van der Waals surface area contributed by atoms with Crippen LogP contribution in [0.1, 0.15) is 31.2 Å². The number of nitrogens with two attached hydrogens (primary N) is 1. The van der Waals surface area contributed by atoms with E-state index in [-0.39, 0.29) is 0 Å². The Morgan fingerprint density at radius 3 is 2.73 bits per heavy atom. The van der Waals surface area contributed by atoms with Crippen molar-refractivity contribution in [2.45, 2.75) is 32.2 Å². The highest BCUT2D eigenvalue weighted by Gasteiger charge is 2.14. The molecule has 2 aromatic rings. The summed E-state index contributed by atoms with van der Waals surface area (Å²) in [6.07, 6.45) is 6.97. The number of nitrogens with one attached hydrogen (secondary N) is 2. The van der Waals surface area contributed by atoms with Crippen molar-refractivity contribution in [3.05, 3.63) is 42.2 Å². The standard InChI is InChI=1S/C17H23N5/c18-10-14-6-3-7-15(8-14)22-17-9-16(20-12-21-17)19-11-13-4-1-2-5-13/h3,6-9,12-13H,1-2,4-5,10-11,18H2,(H2,19,20,21,22). The van der Waals surface area contributed by atoms with Crippen LogP contribution < -0.4 is 16.4 Å². The minimum absolute atomic E-state index is 0.535. The van der Waals surface area contributed by atoms with E-state index in [0.29, 0.717) is 6.54 Å². The molecule has 1 aliphatic rings. The fourth-order valence-electron chi connectivity index (χ4n) is 2.91. The van der Waals surface area contributed by atoms with Crippen molar-refractivity contribution in [3.63, 3.8) is 0 Å². The number of rotatable bonds is 6. The number of aromatic nitrogens is 2. The summed E-state index contributed by atoms with van der Waals surface area (Å²) in [5.74, 6) is 2.45. The van der Waals surface area contributed by atoms with Gasteiger partial charge in [-0.2, -0.15) is 0 Å². The van der Waals surface area contributed by atoms with E-state index in [9.17, 15) is 0 Å². The van der Waals surface area contributed by atoms with Gasteiger partial charge in [-0.3, -0.25) is 0 Å². The first-order valence-corrected chi connectivity index (χ1v) is 7.95. The zero-order valence-corrected chi connectivity index (χ0v) is 12.8. The Morgan fingerprint density at radius 1 is 1.09 bits per heavy atom. The zero-order chi connectivity index (χ0) is 15.2. The Hall–Kier alpha value is -2.14. The van der Waals surface area contributed by atoms with Gasteiger partial charge in [-0.05, 0) is 36.5 Å².